The van der Waals surface area contributed by atoms with Gasteiger partial charge < -0.3 is 0 Å². The number of benzene rings is 1. The molecular weight excluding hydrogens is 284 g/mol. The zero-order valence-corrected chi connectivity index (χ0v) is 14.8. The van der Waals surface area contributed by atoms with E-state index in [1.165, 1.54) is 0 Å². The molecule has 0 N–H and O–H groups in total. The third-order valence-corrected chi connectivity index (χ3v) is 4.73. The second-order valence-corrected chi connectivity index (χ2v) is 8.85. The maximum Gasteiger partial charge on any atom is 0.297 e. The largest absolute Gasteiger partial charge is 0.297 e. The third kappa shape index (κ3) is 6.62. The summed E-state index contributed by atoms with van der Waals surface area (Å²) >= 11 is 0. The molecule has 0 spiro atoms. The number of hydrogen-bond acceptors (Lipinski definition) is 3. The lowest BCUT2D eigenvalue weighted by Crippen LogP contribution is -2.20. The second-order valence-electron chi connectivity index (χ2n) is 7.28. The van der Waals surface area contributed by atoms with Crippen molar-refractivity contribution in [1.82, 2.24) is 0 Å². The van der Waals surface area contributed by atoms with E-state index in [0.717, 1.165) is 18.4 Å². The Balaban J connectivity index is 2.65. The van der Waals surface area contributed by atoms with Gasteiger partial charge in [-0.15, -0.1) is 0 Å². The zero-order valence-electron chi connectivity index (χ0n) is 14.0. The van der Waals surface area contributed by atoms with Gasteiger partial charge in [-0.05, 0) is 50.2 Å². The molecule has 1 aromatic rings. The highest BCUT2D eigenvalue weighted by molar-refractivity contribution is 7.86. The Morgan fingerprint density at radius 1 is 1.10 bits per heavy atom. The molecule has 0 saturated heterocycles. The lowest BCUT2D eigenvalue weighted by atomic mass is 9.83. The molecule has 2 unspecified atom stereocenters. The fourth-order valence-corrected chi connectivity index (χ4v) is 3.80. The van der Waals surface area contributed by atoms with Gasteiger partial charge in [0.25, 0.3) is 10.1 Å². The Labute approximate surface area is 129 Å². The van der Waals surface area contributed by atoms with Crippen molar-refractivity contribution in [3.63, 3.8) is 0 Å². The van der Waals surface area contributed by atoms with E-state index in [4.69, 9.17) is 4.18 Å². The number of hydrogen-bond donors (Lipinski definition) is 0. The van der Waals surface area contributed by atoms with E-state index in [0.29, 0.717) is 5.92 Å². The van der Waals surface area contributed by atoms with Crippen molar-refractivity contribution >= 4 is 10.1 Å². The van der Waals surface area contributed by atoms with Crippen LogP contribution in [0.1, 0.15) is 53.0 Å². The molecule has 1 rings (SSSR count). The fourth-order valence-electron chi connectivity index (χ4n) is 2.71. The van der Waals surface area contributed by atoms with Crippen molar-refractivity contribution in [2.24, 2.45) is 11.3 Å². The maximum atomic E-state index is 12.2. The first kappa shape index (κ1) is 18.2. The van der Waals surface area contributed by atoms with Crippen molar-refractivity contribution in [3.8, 4) is 0 Å². The molecular formula is C17H28O3S. The SMILES string of the molecule is Cc1ccc(S(=O)(=O)OC(C)CC(C)CC(C)(C)C)cc1. The van der Waals surface area contributed by atoms with Crippen molar-refractivity contribution in [2.45, 2.75) is 65.4 Å². The molecule has 1 aromatic carbocycles. The van der Waals surface area contributed by atoms with Crippen LogP contribution in [0.2, 0.25) is 0 Å². The molecule has 2 atom stereocenters. The van der Waals surface area contributed by atoms with Crippen LogP contribution < -0.4 is 0 Å². The van der Waals surface area contributed by atoms with Crippen LogP contribution in [0.3, 0.4) is 0 Å². The van der Waals surface area contributed by atoms with E-state index in [1.54, 1.807) is 24.3 Å². The molecule has 0 saturated carbocycles. The molecule has 0 bridgehead atoms. The van der Waals surface area contributed by atoms with Gasteiger partial charge in [0, 0.05) is 0 Å². The summed E-state index contributed by atoms with van der Waals surface area (Å²) in [5.41, 5.74) is 1.27. The molecule has 0 aliphatic carbocycles. The van der Waals surface area contributed by atoms with E-state index < -0.39 is 10.1 Å². The summed E-state index contributed by atoms with van der Waals surface area (Å²) in [6, 6.07) is 6.75. The Kier molecular flexibility index (Phi) is 6.00. The molecule has 0 aliphatic heterocycles. The summed E-state index contributed by atoms with van der Waals surface area (Å²) in [6.07, 6.45) is 1.47. The predicted octanol–water partition coefficient (Wildman–Crippen LogP) is 4.55. The molecule has 21 heavy (non-hydrogen) atoms. The summed E-state index contributed by atoms with van der Waals surface area (Å²) in [6.45, 7) is 12.5. The van der Waals surface area contributed by atoms with Crippen LogP contribution in [-0.2, 0) is 14.3 Å². The van der Waals surface area contributed by atoms with E-state index in [2.05, 4.69) is 27.7 Å². The number of rotatable bonds is 6. The quantitative estimate of drug-likeness (QED) is 0.724. The van der Waals surface area contributed by atoms with Crippen LogP contribution in [0.5, 0.6) is 0 Å². The Bertz CT molecular complexity index is 538. The minimum absolute atomic E-state index is 0.225. The highest BCUT2D eigenvalue weighted by Crippen LogP contribution is 2.28. The van der Waals surface area contributed by atoms with Crippen LogP contribution in [0.25, 0.3) is 0 Å². The highest BCUT2D eigenvalue weighted by atomic mass is 32.2. The molecule has 0 heterocycles. The van der Waals surface area contributed by atoms with Gasteiger partial charge in [-0.25, -0.2) is 0 Å². The molecule has 0 aliphatic rings. The molecule has 120 valence electrons. The van der Waals surface area contributed by atoms with Crippen LogP contribution in [0.4, 0.5) is 0 Å². The fraction of sp³-hybridized carbons (Fsp3) is 0.647. The van der Waals surface area contributed by atoms with Crippen molar-refractivity contribution < 1.29 is 12.6 Å². The van der Waals surface area contributed by atoms with Gasteiger partial charge in [0.1, 0.15) is 0 Å². The average Bonchev–Trinajstić information content (AvgIpc) is 2.25. The van der Waals surface area contributed by atoms with E-state index in [9.17, 15) is 8.42 Å². The number of aryl methyl sites for hydroxylation is 1. The summed E-state index contributed by atoms with van der Waals surface area (Å²) in [4.78, 5) is 0.225. The van der Waals surface area contributed by atoms with Gasteiger partial charge in [-0.2, -0.15) is 8.42 Å². The molecule has 3 nitrogen and oxygen atoms in total. The minimum Gasteiger partial charge on any atom is -0.263 e. The smallest absolute Gasteiger partial charge is 0.263 e. The first-order valence-corrected chi connectivity index (χ1v) is 8.90. The van der Waals surface area contributed by atoms with Crippen LogP contribution >= 0.6 is 0 Å². The summed E-state index contributed by atoms with van der Waals surface area (Å²) in [7, 11) is -3.67. The van der Waals surface area contributed by atoms with Crippen molar-refractivity contribution in [3.05, 3.63) is 29.8 Å². The van der Waals surface area contributed by atoms with Gasteiger partial charge in [-0.3, -0.25) is 4.18 Å². The maximum absolute atomic E-state index is 12.2. The van der Waals surface area contributed by atoms with Gasteiger partial charge >= 0.3 is 0 Å². The van der Waals surface area contributed by atoms with E-state index in [1.807, 2.05) is 13.8 Å². The van der Waals surface area contributed by atoms with Gasteiger partial charge in [-0.1, -0.05) is 45.4 Å². The minimum atomic E-state index is -3.67. The topological polar surface area (TPSA) is 43.4 Å². The lowest BCUT2D eigenvalue weighted by molar-refractivity contribution is 0.176. The lowest BCUT2D eigenvalue weighted by Gasteiger charge is -2.25. The Morgan fingerprint density at radius 3 is 2.10 bits per heavy atom. The normalized spacial score (nSPS) is 15.7. The molecule has 0 fully saturated rings. The van der Waals surface area contributed by atoms with E-state index in [-0.39, 0.29) is 16.4 Å². The molecule has 4 heteroatoms. The van der Waals surface area contributed by atoms with E-state index >= 15 is 0 Å². The first-order chi connectivity index (χ1) is 9.49. The van der Waals surface area contributed by atoms with Crippen LogP contribution in [0.15, 0.2) is 29.2 Å². The van der Waals surface area contributed by atoms with Crippen LogP contribution in [0, 0.1) is 18.3 Å². The molecule has 0 radical (unpaired) electrons. The van der Waals surface area contributed by atoms with Gasteiger partial charge in [0.2, 0.25) is 0 Å². The third-order valence-electron chi connectivity index (χ3n) is 3.30. The zero-order chi connectivity index (χ0) is 16.3. The Morgan fingerprint density at radius 2 is 1.62 bits per heavy atom. The molecule has 0 aromatic heterocycles. The summed E-state index contributed by atoms with van der Waals surface area (Å²) < 4.78 is 29.7. The van der Waals surface area contributed by atoms with Crippen LogP contribution in [-0.4, -0.2) is 14.5 Å². The summed E-state index contributed by atoms with van der Waals surface area (Å²) in [5.74, 6) is 0.424. The predicted molar refractivity (Wildman–Crippen MR) is 86.8 cm³/mol. The molecule has 0 amide bonds. The van der Waals surface area contributed by atoms with Crippen molar-refractivity contribution in [2.75, 3.05) is 0 Å². The standard InChI is InChI=1S/C17H28O3S/c1-13-7-9-16(10-8-13)21(18,19)20-15(3)11-14(2)12-17(4,5)6/h7-10,14-15H,11-12H2,1-6H3. The second kappa shape index (κ2) is 6.93. The van der Waals surface area contributed by atoms with Gasteiger partial charge in [0.15, 0.2) is 0 Å². The highest BCUT2D eigenvalue weighted by Gasteiger charge is 2.22. The van der Waals surface area contributed by atoms with Crippen molar-refractivity contribution in [1.29, 1.82) is 0 Å². The summed E-state index contributed by atoms with van der Waals surface area (Å²) in [5, 5.41) is 0. The monoisotopic (exact) mass is 312 g/mol. The Hall–Kier alpha value is -0.870. The first-order valence-electron chi connectivity index (χ1n) is 7.49. The van der Waals surface area contributed by atoms with Gasteiger partial charge in [0.05, 0.1) is 11.0 Å². The average molecular weight is 312 g/mol.